The molecule has 5 nitrogen and oxygen atoms in total. The lowest BCUT2D eigenvalue weighted by atomic mass is 10.2. The van der Waals surface area contributed by atoms with Crippen molar-refractivity contribution in [3.63, 3.8) is 0 Å². The molecule has 0 fully saturated rings. The van der Waals surface area contributed by atoms with Crippen LogP contribution in [0.4, 0.5) is 0 Å². The summed E-state index contributed by atoms with van der Waals surface area (Å²) in [5, 5.41) is 0.743. The zero-order valence-electron chi connectivity index (χ0n) is 10.9. The first-order valence-electron chi connectivity index (χ1n) is 6.06. The van der Waals surface area contributed by atoms with Crippen LogP contribution in [0.5, 0.6) is 0 Å². The Labute approximate surface area is 110 Å². The Morgan fingerprint density at radius 1 is 1.32 bits per heavy atom. The van der Waals surface area contributed by atoms with Crippen LogP contribution in [0.25, 0.3) is 10.9 Å². The molecule has 2 N–H and O–H groups in total. The third-order valence-corrected chi connectivity index (χ3v) is 2.72. The van der Waals surface area contributed by atoms with Crippen molar-refractivity contribution in [2.24, 2.45) is 5.73 Å². The van der Waals surface area contributed by atoms with Crippen LogP contribution >= 0.6 is 0 Å². The fourth-order valence-electron chi connectivity index (χ4n) is 2.01. The molecule has 19 heavy (non-hydrogen) atoms. The van der Waals surface area contributed by atoms with Gasteiger partial charge in [-0.15, -0.1) is 0 Å². The second-order valence-electron chi connectivity index (χ2n) is 4.59. The van der Waals surface area contributed by atoms with E-state index < -0.39 is 5.91 Å². The number of nitrogens with zero attached hydrogens (tertiary/aromatic N) is 1. The molecular formula is C14H16N2O3. The lowest BCUT2D eigenvalue weighted by molar-refractivity contribution is -0.148. The van der Waals surface area contributed by atoms with Gasteiger partial charge >= 0.3 is 5.97 Å². The summed E-state index contributed by atoms with van der Waals surface area (Å²) in [6.07, 6.45) is 1.43. The maximum atomic E-state index is 11.7. The molecule has 1 amide bonds. The number of ether oxygens (including phenoxy) is 1. The molecule has 1 heterocycles. The lowest BCUT2D eigenvalue weighted by Gasteiger charge is -2.09. The highest BCUT2D eigenvalue weighted by Crippen LogP contribution is 2.21. The van der Waals surface area contributed by atoms with Gasteiger partial charge in [0.05, 0.1) is 11.7 Å². The summed E-state index contributed by atoms with van der Waals surface area (Å²) in [5.74, 6) is -0.848. The summed E-state index contributed by atoms with van der Waals surface area (Å²) in [6, 6.07) is 7.31. The van der Waals surface area contributed by atoms with E-state index in [-0.39, 0.29) is 18.6 Å². The van der Waals surface area contributed by atoms with Crippen molar-refractivity contribution in [3.05, 3.63) is 36.0 Å². The Morgan fingerprint density at radius 2 is 2.00 bits per heavy atom. The molecule has 0 bridgehead atoms. The van der Waals surface area contributed by atoms with Gasteiger partial charge in [-0.1, -0.05) is 18.2 Å². The summed E-state index contributed by atoms with van der Waals surface area (Å²) in [6.45, 7) is 3.65. The molecule has 0 aliphatic rings. The smallest absolute Gasteiger partial charge is 0.326 e. The number of rotatable bonds is 4. The minimum Gasteiger partial charge on any atom is -0.462 e. The number of nitrogens with two attached hydrogens (primary N) is 1. The molecule has 2 aromatic rings. The third kappa shape index (κ3) is 2.76. The number of hydrogen-bond donors (Lipinski definition) is 1. The van der Waals surface area contributed by atoms with Crippen molar-refractivity contribution in [2.75, 3.05) is 0 Å². The number of para-hydroxylation sites is 1. The van der Waals surface area contributed by atoms with Crippen LogP contribution in [0, 0.1) is 0 Å². The molecule has 0 aliphatic carbocycles. The van der Waals surface area contributed by atoms with Gasteiger partial charge in [-0.2, -0.15) is 0 Å². The number of aromatic nitrogens is 1. The van der Waals surface area contributed by atoms with Crippen molar-refractivity contribution < 1.29 is 14.3 Å². The molecule has 0 saturated carbocycles. The number of primary amides is 1. The molecule has 0 aliphatic heterocycles. The Kier molecular flexibility index (Phi) is 3.55. The first-order valence-corrected chi connectivity index (χ1v) is 6.06. The number of hydrogen-bond acceptors (Lipinski definition) is 3. The topological polar surface area (TPSA) is 74.3 Å². The van der Waals surface area contributed by atoms with Crippen LogP contribution in [0.2, 0.25) is 0 Å². The third-order valence-electron chi connectivity index (χ3n) is 2.72. The number of carbonyl (C=O) groups is 2. The number of fused-ring (bicyclic) bond motifs is 1. The van der Waals surface area contributed by atoms with Crippen molar-refractivity contribution in [2.45, 2.75) is 26.5 Å². The van der Waals surface area contributed by atoms with Crippen molar-refractivity contribution in [3.8, 4) is 0 Å². The quantitative estimate of drug-likeness (QED) is 0.850. The predicted octanol–water partition coefficient (Wildman–Crippen LogP) is 1.69. The average molecular weight is 260 g/mol. The number of benzene rings is 1. The fourth-order valence-corrected chi connectivity index (χ4v) is 2.01. The zero-order chi connectivity index (χ0) is 14.0. The molecule has 2 rings (SSSR count). The molecule has 0 unspecified atom stereocenters. The van der Waals surface area contributed by atoms with Gasteiger partial charge < -0.3 is 15.0 Å². The van der Waals surface area contributed by atoms with E-state index in [1.165, 1.54) is 0 Å². The fraction of sp³-hybridized carbons (Fsp3) is 0.286. The molecule has 0 atom stereocenters. The Morgan fingerprint density at radius 3 is 2.63 bits per heavy atom. The molecule has 0 spiro atoms. The zero-order valence-corrected chi connectivity index (χ0v) is 10.9. The molecule has 0 radical (unpaired) electrons. The molecule has 1 aromatic carbocycles. The van der Waals surface area contributed by atoms with E-state index in [4.69, 9.17) is 10.5 Å². The summed E-state index contributed by atoms with van der Waals surface area (Å²) >= 11 is 0. The van der Waals surface area contributed by atoms with Crippen molar-refractivity contribution >= 4 is 22.8 Å². The summed E-state index contributed by atoms with van der Waals surface area (Å²) < 4.78 is 6.78. The van der Waals surface area contributed by atoms with Crippen molar-refractivity contribution in [1.29, 1.82) is 0 Å². The highest BCUT2D eigenvalue weighted by molar-refractivity contribution is 6.06. The van der Waals surface area contributed by atoms with Gasteiger partial charge in [-0.25, -0.2) is 0 Å². The number of amides is 1. The van der Waals surface area contributed by atoms with Gasteiger partial charge in [0.2, 0.25) is 0 Å². The van der Waals surface area contributed by atoms with Gasteiger partial charge in [0.25, 0.3) is 5.91 Å². The molecule has 1 aromatic heterocycles. The predicted molar refractivity (Wildman–Crippen MR) is 71.7 cm³/mol. The Balaban J connectivity index is 2.38. The second-order valence-corrected chi connectivity index (χ2v) is 4.59. The van der Waals surface area contributed by atoms with Crippen LogP contribution in [0.1, 0.15) is 24.2 Å². The van der Waals surface area contributed by atoms with Gasteiger partial charge in [0, 0.05) is 17.1 Å². The van der Waals surface area contributed by atoms with E-state index in [9.17, 15) is 9.59 Å². The minimum absolute atomic E-state index is 0.0615. The maximum absolute atomic E-state index is 11.7. The molecule has 0 saturated heterocycles. The molecule has 100 valence electrons. The van der Waals surface area contributed by atoms with Gasteiger partial charge in [0.15, 0.2) is 0 Å². The van der Waals surface area contributed by atoms with E-state index in [0.29, 0.717) is 5.56 Å². The first-order chi connectivity index (χ1) is 8.99. The molecular weight excluding hydrogens is 244 g/mol. The Bertz CT molecular complexity index is 629. The monoisotopic (exact) mass is 260 g/mol. The van der Waals surface area contributed by atoms with Gasteiger partial charge in [-0.05, 0) is 19.9 Å². The van der Waals surface area contributed by atoms with Crippen molar-refractivity contribution in [1.82, 2.24) is 4.57 Å². The van der Waals surface area contributed by atoms with E-state index in [1.54, 1.807) is 30.7 Å². The summed E-state index contributed by atoms with van der Waals surface area (Å²) in [4.78, 5) is 23.1. The van der Waals surface area contributed by atoms with Crippen LogP contribution in [0.3, 0.4) is 0 Å². The summed E-state index contributed by atoms with van der Waals surface area (Å²) in [7, 11) is 0. The Hall–Kier alpha value is -2.30. The summed E-state index contributed by atoms with van der Waals surface area (Å²) in [5.41, 5.74) is 6.54. The van der Waals surface area contributed by atoms with Gasteiger partial charge in [-0.3, -0.25) is 9.59 Å². The normalized spacial score (nSPS) is 10.9. The van der Waals surface area contributed by atoms with Crippen LogP contribution in [0.15, 0.2) is 30.5 Å². The van der Waals surface area contributed by atoms with E-state index in [1.807, 2.05) is 18.2 Å². The van der Waals surface area contributed by atoms with E-state index in [2.05, 4.69) is 0 Å². The van der Waals surface area contributed by atoms with E-state index >= 15 is 0 Å². The SMILES string of the molecule is CC(C)OC(=O)Cn1cc(C(N)=O)c2ccccc21. The first kappa shape index (κ1) is 13.1. The lowest BCUT2D eigenvalue weighted by Crippen LogP contribution is -2.17. The standard InChI is InChI=1S/C14H16N2O3/c1-9(2)19-13(17)8-16-7-11(14(15)18)10-5-3-4-6-12(10)16/h3-7,9H,8H2,1-2H3,(H2,15,18). The highest BCUT2D eigenvalue weighted by Gasteiger charge is 2.14. The largest absolute Gasteiger partial charge is 0.462 e. The highest BCUT2D eigenvalue weighted by atomic mass is 16.5. The average Bonchev–Trinajstić information content (AvgIpc) is 2.67. The van der Waals surface area contributed by atoms with Crippen LogP contribution in [-0.4, -0.2) is 22.5 Å². The maximum Gasteiger partial charge on any atom is 0.326 e. The van der Waals surface area contributed by atoms with Gasteiger partial charge in [0.1, 0.15) is 6.54 Å². The number of esters is 1. The molecule has 5 heteroatoms. The van der Waals surface area contributed by atoms with Crippen LogP contribution in [-0.2, 0) is 16.1 Å². The number of carbonyl (C=O) groups excluding carboxylic acids is 2. The minimum atomic E-state index is -0.507. The second kappa shape index (κ2) is 5.14. The van der Waals surface area contributed by atoms with Crippen LogP contribution < -0.4 is 5.73 Å². The van der Waals surface area contributed by atoms with E-state index in [0.717, 1.165) is 10.9 Å².